The zero-order valence-electron chi connectivity index (χ0n) is 31.4. The van der Waals surface area contributed by atoms with Crippen molar-refractivity contribution in [1.29, 1.82) is 0 Å². The number of hydrogen-bond acceptors (Lipinski definition) is 8. The third-order valence-electron chi connectivity index (χ3n) is 11.2. The molecule has 2 aromatic heterocycles. The minimum atomic E-state index is -4.62. The molecule has 59 heavy (non-hydrogen) atoms. The first-order valence-electron chi connectivity index (χ1n) is 19.1. The van der Waals surface area contributed by atoms with Gasteiger partial charge in [0, 0.05) is 79.9 Å². The topological polar surface area (TPSA) is 149 Å². The molecule has 19 heteroatoms. The van der Waals surface area contributed by atoms with Crippen LogP contribution in [0.25, 0.3) is 21.9 Å². The molecule has 5 aromatic rings. The first kappa shape index (κ1) is 40.8. The number of alkyl halides is 3. The minimum absolute atomic E-state index is 0.0502. The van der Waals surface area contributed by atoms with Gasteiger partial charge >= 0.3 is 16.4 Å². The lowest BCUT2D eigenvalue weighted by Crippen LogP contribution is -2.49. The first-order chi connectivity index (χ1) is 28.1. The number of nitrogens with zero attached hydrogens (tertiary/aromatic N) is 5. The van der Waals surface area contributed by atoms with E-state index in [4.69, 9.17) is 23.2 Å². The summed E-state index contributed by atoms with van der Waals surface area (Å²) in [5.41, 5.74) is 1.40. The van der Waals surface area contributed by atoms with Crippen LogP contribution in [0, 0.1) is 5.92 Å². The van der Waals surface area contributed by atoms with Crippen LogP contribution in [0.15, 0.2) is 72.9 Å². The lowest BCUT2D eigenvalue weighted by molar-refractivity contribution is -0.138. The first-order valence-corrected chi connectivity index (χ1v) is 21.3. The van der Waals surface area contributed by atoms with E-state index in [9.17, 15) is 36.0 Å². The van der Waals surface area contributed by atoms with E-state index in [2.05, 4.69) is 42.3 Å². The number of imide groups is 1. The fourth-order valence-electron chi connectivity index (χ4n) is 8.17. The molecule has 3 saturated heterocycles. The van der Waals surface area contributed by atoms with Crippen LogP contribution < -0.4 is 20.3 Å². The Bertz CT molecular complexity index is 2570. The van der Waals surface area contributed by atoms with Crippen molar-refractivity contribution in [2.75, 3.05) is 60.8 Å². The summed E-state index contributed by atoms with van der Waals surface area (Å²) in [5, 5.41) is 6.65. The predicted octanol–water partition coefficient (Wildman–Crippen LogP) is 6.94. The number of halogens is 5. The summed E-state index contributed by atoms with van der Waals surface area (Å²) in [5.74, 6) is -1.13. The maximum atomic E-state index is 13.6. The number of fused-ring (bicyclic) bond motifs is 3. The third kappa shape index (κ3) is 8.57. The van der Waals surface area contributed by atoms with Gasteiger partial charge in [-0.2, -0.15) is 25.9 Å². The van der Waals surface area contributed by atoms with E-state index in [0.717, 1.165) is 66.8 Å². The van der Waals surface area contributed by atoms with E-state index in [1.165, 1.54) is 22.5 Å². The molecule has 5 heterocycles. The van der Waals surface area contributed by atoms with Crippen molar-refractivity contribution < 1.29 is 36.0 Å². The quantitative estimate of drug-likeness (QED) is 0.135. The number of amides is 3. The van der Waals surface area contributed by atoms with E-state index in [0.29, 0.717) is 31.0 Å². The third-order valence-corrected chi connectivity index (χ3v) is 13.3. The molecule has 0 saturated carbocycles. The van der Waals surface area contributed by atoms with Crippen LogP contribution in [0.3, 0.4) is 0 Å². The summed E-state index contributed by atoms with van der Waals surface area (Å²) < 4.78 is 72.2. The molecule has 13 nitrogen and oxygen atoms in total. The van der Waals surface area contributed by atoms with Gasteiger partial charge in [0.05, 0.1) is 33.0 Å². The summed E-state index contributed by atoms with van der Waals surface area (Å²) in [4.78, 5) is 47.3. The number of anilines is 3. The maximum Gasteiger partial charge on any atom is 0.416 e. The van der Waals surface area contributed by atoms with Crippen LogP contribution in [-0.2, 0) is 26.0 Å². The number of piperidine rings is 2. The molecule has 3 N–H and O–H groups in total. The van der Waals surface area contributed by atoms with Gasteiger partial charge in [0.1, 0.15) is 11.7 Å². The Kier molecular flexibility index (Phi) is 11.2. The van der Waals surface area contributed by atoms with Crippen LogP contribution in [0.4, 0.5) is 30.2 Å². The standard InChI is InChI=1S/C40H39Cl2F3N8O5S/c41-26-4-7-32(30(21-26)38(55)47-33-6-3-25(20-31(33)42)40(43,44)45)49-59(57,58)52-14-11-24(12-15-52)23-50-16-18-51(19-17-50)27-5-8-34-29(22-27)28-2-1-13-46-37(28)53(34)35-9-10-36(54)48-39(35)56/h1-8,13,20-22,24,35,49H,9-12,14-19,23H2,(H,47,55)(H,48,54,56). The van der Waals surface area contributed by atoms with Crippen molar-refractivity contribution in [3.05, 3.63) is 94.1 Å². The normalized spacial score (nSPS) is 19.0. The SMILES string of the molecule is O=C1CCC(n2c3ccc(N4CCN(CC5CCN(S(=O)(=O)Nc6ccc(Cl)cc6C(=O)Nc6ccc(C(F)(F)F)cc6Cl)CC5)CC4)cc3c3cccnc32)C(=O)N1. The van der Waals surface area contributed by atoms with Crippen LogP contribution >= 0.6 is 23.2 Å². The number of rotatable bonds is 9. The number of aromatic nitrogens is 2. The number of carbonyl (C=O) groups is 3. The van der Waals surface area contributed by atoms with Crippen LogP contribution in [0.1, 0.15) is 47.6 Å². The Morgan fingerprint density at radius 2 is 1.63 bits per heavy atom. The Hall–Kier alpha value is -4.94. The molecule has 3 aliphatic heterocycles. The van der Waals surface area contributed by atoms with Crippen LogP contribution in [0.5, 0.6) is 0 Å². The summed E-state index contributed by atoms with van der Waals surface area (Å²) >= 11 is 12.2. The molecule has 1 unspecified atom stereocenters. The van der Waals surface area contributed by atoms with Gasteiger partial charge in [-0.15, -0.1) is 0 Å². The zero-order chi connectivity index (χ0) is 41.6. The van der Waals surface area contributed by atoms with Gasteiger partial charge < -0.3 is 14.8 Å². The Morgan fingerprint density at radius 3 is 2.34 bits per heavy atom. The van der Waals surface area contributed by atoms with E-state index in [1.54, 1.807) is 6.20 Å². The van der Waals surface area contributed by atoms with E-state index >= 15 is 0 Å². The summed E-state index contributed by atoms with van der Waals surface area (Å²) in [6, 6.07) is 16.1. The average molecular weight is 872 g/mol. The average Bonchev–Trinajstić information content (AvgIpc) is 3.53. The molecule has 3 amide bonds. The molecule has 8 rings (SSSR count). The molecular formula is C40H39Cl2F3N8O5S. The largest absolute Gasteiger partial charge is 0.416 e. The lowest BCUT2D eigenvalue weighted by atomic mass is 9.97. The highest BCUT2D eigenvalue weighted by Crippen LogP contribution is 2.37. The van der Waals surface area contributed by atoms with Crippen molar-refractivity contribution in [2.24, 2.45) is 5.92 Å². The minimum Gasteiger partial charge on any atom is -0.369 e. The molecule has 0 bridgehead atoms. The molecule has 3 fully saturated rings. The number of benzene rings is 3. The smallest absolute Gasteiger partial charge is 0.369 e. The van der Waals surface area contributed by atoms with Crippen molar-refractivity contribution in [3.63, 3.8) is 0 Å². The highest BCUT2D eigenvalue weighted by molar-refractivity contribution is 7.90. The van der Waals surface area contributed by atoms with Crippen molar-refractivity contribution in [1.82, 2.24) is 24.1 Å². The van der Waals surface area contributed by atoms with Gasteiger partial charge in [0.2, 0.25) is 11.8 Å². The number of hydrogen-bond donors (Lipinski definition) is 3. The molecule has 3 aliphatic rings. The fraction of sp³-hybridized carbons (Fsp3) is 0.350. The fourth-order valence-corrected chi connectivity index (χ4v) is 9.85. The number of nitrogens with one attached hydrogen (secondary N) is 3. The van der Waals surface area contributed by atoms with E-state index in [1.807, 2.05) is 22.8 Å². The monoisotopic (exact) mass is 870 g/mol. The zero-order valence-corrected chi connectivity index (χ0v) is 33.8. The Labute approximate surface area is 347 Å². The summed E-state index contributed by atoms with van der Waals surface area (Å²) in [6.45, 7) is 4.64. The summed E-state index contributed by atoms with van der Waals surface area (Å²) in [6.07, 6.45) is -0.950. The highest BCUT2D eigenvalue weighted by Gasteiger charge is 2.34. The van der Waals surface area contributed by atoms with E-state index in [-0.39, 0.29) is 64.2 Å². The molecule has 0 spiro atoms. The van der Waals surface area contributed by atoms with Crippen LogP contribution in [-0.4, -0.2) is 90.7 Å². The van der Waals surface area contributed by atoms with Gasteiger partial charge in [-0.25, -0.2) is 4.98 Å². The van der Waals surface area contributed by atoms with Gasteiger partial charge in [0.15, 0.2) is 0 Å². The number of pyridine rings is 1. The highest BCUT2D eigenvalue weighted by atomic mass is 35.5. The molecular weight excluding hydrogens is 832 g/mol. The molecule has 0 radical (unpaired) electrons. The second-order valence-electron chi connectivity index (χ2n) is 15.0. The van der Waals surface area contributed by atoms with Crippen molar-refractivity contribution in [2.45, 2.75) is 37.9 Å². The van der Waals surface area contributed by atoms with Gasteiger partial charge in [0.25, 0.3) is 5.91 Å². The van der Waals surface area contributed by atoms with Gasteiger partial charge in [-0.3, -0.25) is 29.3 Å². The van der Waals surface area contributed by atoms with Crippen LogP contribution in [0.2, 0.25) is 10.0 Å². The van der Waals surface area contributed by atoms with Crippen molar-refractivity contribution >= 4 is 90.1 Å². The molecule has 3 aromatic carbocycles. The number of carbonyl (C=O) groups excluding carboxylic acids is 3. The molecule has 1 atom stereocenters. The molecule has 0 aliphatic carbocycles. The van der Waals surface area contributed by atoms with Gasteiger partial charge in [-0.05, 0) is 91.9 Å². The second-order valence-corrected chi connectivity index (χ2v) is 17.5. The lowest BCUT2D eigenvalue weighted by Gasteiger charge is -2.39. The molecule has 310 valence electrons. The second kappa shape index (κ2) is 16.3. The number of piperazine rings is 1. The Balaban J connectivity index is 0.864. The Morgan fingerprint density at radius 1 is 0.881 bits per heavy atom. The summed E-state index contributed by atoms with van der Waals surface area (Å²) in [7, 11) is -4.09. The van der Waals surface area contributed by atoms with Gasteiger partial charge in [-0.1, -0.05) is 23.2 Å². The van der Waals surface area contributed by atoms with Crippen molar-refractivity contribution in [3.8, 4) is 0 Å². The maximum absolute atomic E-state index is 13.6. The van der Waals surface area contributed by atoms with E-state index < -0.39 is 33.9 Å². The predicted molar refractivity (Wildman–Crippen MR) is 220 cm³/mol.